The van der Waals surface area contributed by atoms with Crippen molar-refractivity contribution >= 4 is 0 Å². The molecule has 5 saturated heterocycles. The van der Waals surface area contributed by atoms with Crippen molar-refractivity contribution in [3.63, 3.8) is 0 Å². The van der Waals surface area contributed by atoms with Crippen molar-refractivity contribution in [3.8, 4) is 0 Å². The van der Waals surface area contributed by atoms with Crippen LogP contribution in [0.4, 0.5) is 0 Å². The van der Waals surface area contributed by atoms with E-state index in [0.717, 1.165) is 47.8 Å². The van der Waals surface area contributed by atoms with Gasteiger partial charge in [0.1, 0.15) is 0 Å². The molecule has 2 bridgehead atoms. The minimum Gasteiger partial charge on any atom is -0.369 e. The van der Waals surface area contributed by atoms with Gasteiger partial charge in [-0.2, -0.15) is 0 Å². The van der Waals surface area contributed by atoms with Crippen LogP contribution in [0.5, 0.6) is 0 Å². The molecule has 7 aliphatic rings. The summed E-state index contributed by atoms with van der Waals surface area (Å²) >= 11 is 0. The van der Waals surface area contributed by atoms with Gasteiger partial charge < -0.3 is 4.90 Å². The van der Waals surface area contributed by atoms with E-state index < -0.39 is 0 Å². The van der Waals surface area contributed by atoms with E-state index in [1.807, 2.05) is 11.3 Å². The summed E-state index contributed by atoms with van der Waals surface area (Å²) < 4.78 is 0. The smallest absolute Gasteiger partial charge is 0.0451 e. The molecule has 0 amide bonds. The summed E-state index contributed by atoms with van der Waals surface area (Å²) in [7, 11) is 0. The number of nitrogens with zero attached hydrogens (tertiary/aromatic N) is 2. The third kappa shape index (κ3) is 2.05. The van der Waals surface area contributed by atoms with Crippen molar-refractivity contribution in [2.45, 2.75) is 127 Å². The summed E-state index contributed by atoms with van der Waals surface area (Å²) in [5.74, 6) is 3.76. The van der Waals surface area contributed by atoms with E-state index in [-0.39, 0.29) is 0 Å². The zero-order chi connectivity index (χ0) is 18.6. The van der Waals surface area contributed by atoms with Crippen LogP contribution in [0.25, 0.3) is 0 Å². The highest BCUT2D eigenvalue weighted by molar-refractivity contribution is 5.40. The van der Waals surface area contributed by atoms with Gasteiger partial charge >= 0.3 is 0 Å². The number of allylic oxidation sites excluding steroid dienone is 1. The molecule has 0 radical (unpaired) electrons. The molecule has 0 aromatic heterocycles. The Hall–Kier alpha value is -0.500. The second-order valence-electron chi connectivity index (χ2n) is 12.2. The summed E-state index contributed by atoms with van der Waals surface area (Å²) in [5, 5.41) is 0. The maximum Gasteiger partial charge on any atom is 0.0451 e. The van der Waals surface area contributed by atoms with E-state index in [1.54, 1.807) is 0 Å². The lowest BCUT2D eigenvalue weighted by Gasteiger charge is -2.70. The largest absolute Gasteiger partial charge is 0.369 e. The number of hydrogen-bond donors (Lipinski definition) is 0. The van der Waals surface area contributed by atoms with Gasteiger partial charge in [-0.1, -0.05) is 20.3 Å². The molecule has 9 atom stereocenters. The topological polar surface area (TPSA) is 6.48 Å². The van der Waals surface area contributed by atoms with Crippen LogP contribution in [0.3, 0.4) is 0 Å². The fourth-order valence-corrected chi connectivity index (χ4v) is 10.3. The third-order valence-corrected chi connectivity index (χ3v) is 10.7. The number of piperidine rings is 5. The maximum atomic E-state index is 3.20. The van der Waals surface area contributed by atoms with E-state index in [4.69, 9.17) is 0 Å². The van der Waals surface area contributed by atoms with Crippen molar-refractivity contribution < 1.29 is 0 Å². The Bertz CT molecular complexity index is 711. The van der Waals surface area contributed by atoms with Crippen molar-refractivity contribution in [3.05, 3.63) is 11.3 Å². The molecule has 0 aromatic carbocycles. The van der Waals surface area contributed by atoms with Crippen LogP contribution in [0.15, 0.2) is 11.3 Å². The fraction of sp³-hybridized carbons (Fsp3) is 0.923. The van der Waals surface area contributed by atoms with Gasteiger partial charge in [0.15, 0.2) is 0 Å². The van der Waals surface area contributed by atoms with Gasteiger partial charge in [-0.3, -0.25) is 4.90 Å². The second kappa shape index (κ2) is 5.80. The molecule has 2 nitrogen and oxygen atoms in total. The highest BCUT2D eigenvalue weighted by Crippen LogP contribution is 2.64. The van der Waals surface area contributed by atoms with E-state index in [9.17, 15) is 0 Å². The summed E-state index contributed by atoms with van der Waals surface area (Å²) in [5.41, 5.74) is 4.45. The SMILES string of the molecule is CC1CC2CCCC3CC4CC(C1)(C1=C5[C@H]4[C@H](C)C[C@@H]4CCC[C@@H](CC1)N54)N23. The lowest BCUT2D eigenvalue weighted by molar-refractivity contribution is -0.137. The highest BCUT2D eigenvalue weighted by Gasteiger charge is 2.62. The monoisotopic (exact) mass is 380 g/mol. The van der Waals surface area contributed by atoms with Gasteiger partial charge in [0, 0.05) is 41.3 Å². The van der Waals surface area contributed by atoms with Crippen molar-refractivity contribution in [1.29, 1.82) is 0 Å². The number of fused-ring (bicyclic) bond motifs is 2. The van der Waals surface area contributed by atoms with Crippen LogP contribution in [0.2, 0.25) is 0 Å². The molecule has 0 N–H and O–H groups in total. The predicted molar refractivity (Wildman–Crippen MR) is 114 cm³/mol. The van der Waals surface area contributed by atoms with Gasteiger partial charge in [0.25, 0.3) is 0 Å². The Morgan fingerprint density at radius 1 is 0.786 bits per heavy atom. The minimum atomic E-state index is 0.478. The van der Waals surface area contributed by atoms with E-state index in [1.165, 1.54) is 83.5 Å². The van der Waals surface area contributed by atoms with Gasteiger partial charge in [-0.25, -0.2) is 0 Å². The quantitative estimate of drug-likeness (QED) is 0.529. The van der Waals surface area contributed by atoms with E-state index >= 15 is 0 Å². The molecule has 5 fully saturated rings. The number of hydrogen-bond acceptors (Lipinski definition) is 2. The van der Waals surface area contributed by atoms with Crippen LogP contribution in [-0.4, -0.2) is 39.5 Å². The highest BCUT2D eigenvalue weighted by atomic mass is 15.3. The average Bonchev–Trinajstić information content (AvgIpc) is 2.67. The lowest BCUT2D eigenvalue weighted by Crippen LogP contribution is -2.72. The summed E-state index contributed by atoms with van der Waals surface area (Å²) in [6, 6.07) is 3.61. The van der Waals surface area contributed by atoms with Crippen molar-refractivity contribution in [2.24, 2.45) is 23.7 Å². The van der Waals surface area contributed by atoms with Crippen LogP contribution < -0.4 is 0 Å². The van der Waals surface area contributed by atoms with E-state index in [2.05, 4.69) is 23.6 Å². The van der Waals surface area contributed by atoms with Gasteiger partial charge in [-0.05, 0) is 100 Å². The number of rotatable bonds is 0. The van der Waals surface area contributed by atoms with Crippen molar-refractivity contribution in [2.75, 3.05) is 0 Å². The molecule has 1 spiro atoms. The van der Waals surface area contributed by atoms with Crippen molar-refractivity contribution in [1.82, 2.24) is 9.80 Å². The molecule has 2 heteroatoms. The molecule has 6 aliphatic heterocycles. The first-order valence-corrected chi connectivity index (χ1v) is 13.0. The molecular formula is C26H40N2. The average molecular weight is 381 g/mol. The molecule has 154 valence electrons. The normalized spacial score (nSPS) is 54.9. The molecular weight excluding hydrogens is 340 g/mol. The van der Waals surface area contributed by atoms with Crippen LogP contribution in [0.1, 0.15) is 97.3 Å². The Balaban J connectivity index is 1.44. The maximum absolute atomic E-state index is 3.20. The third-order valence-electron chi connectivity index (χ3n) is 10.7. The first-order chi connectivity index (χ1) is 13.7. The minimum absolute atomic E-state index is 0.478. The second-order valence-corrected chi connectivity index (χ2v) is 12.2. The predicted octanol–water partition coefficient (Wildman–Crippen LogP) is 5.73. The first-order valence-electron chi connectivity index (χ1n) is 13.0. The van der Waals surface area contributed by atoms with Crippen LogP contribution in [0, 0.1) is 23.7 Å². The fourth-order valence-electron chi connectivity index (χ4n) is 10.3. The van der Waals surface area contributed by atoms with Gasteiger partial charge in [0.2, 0.25) is 0 Å². The molecule has 28 heavy (non-hydrogen) atoms. The first kappa shape index (κ1) is 17.2. The molecule has 1 aliphatic carbocycles. The van der Waals surface area contributed by atoms with Crippen LogP contribution >= 0.6 is 0 Å². The molecule has 0 saturated carbocycles. The lowest BCUT2D eigenvalue weighted by atomic mass is 9.52. The molecule has 6 heterocycles. The Labute approximate surface area is 172 Å². The zero-order valence-corrected chi connectivity index (χ0v) is 18.2. The van der Waals surface area contributed by atoms with Gasteiger partial charge in [0.05, 0.1) is 0 Å². The Kier molecular flexibility index (Phi) is 3.57. The van der Waals surface area contributed by atoms with Crippen LogP contribution in [-0.2, 0) is 0 Å². The summed E-state index contributed by atoms with van der Waals surface area (Å²) in [6.07, 6.45) is 19.4. The zero-order valence-electron chi connectivity index (χ0n) is 18.2. The van der Waals surface area contributed by atoms with Gasteiger partial charge in [-0.15, -0.1) is 0 Å². The standard InChI is InChI=1S/C26H40N2/c1-16-11-21-7-4-8-22-13-18-15-26(14-16,28(21)22)23-10-9-19-5-3-6-20-12-17(2)24(18)25(23)27(19)20/h16-22,24H,3-15H2,1-2H3/t16?,17-,18?,19+,20+,21?,22?,24+,26?/m1/s1. The van der Waals surface area contributed by atoms with E-state index in [0.29, 0.717) is 5.54 Å². The molecule has 7 rings (SSSR count). The Morgan fingerprint density at radius 2 is 1.54 bits per heavy atom. The Morgan fingerprint density at radius 3 is 2.39 bits per heavy atom. The molecule has 5 unspecified atom stereocenters. The molecule has 0 aromatic rings. The summed E-state index contributed by atoms with van der Waals surface area (Å²) in [6.45, 7) is 5.23. The summed E-state index contributed by atoms with van der Waals surface area (Å²) in [4.78, 5) is 6.30.